The molecule has 0 aromatic heterocycles. The number of carboxylic acids is 1. The molecule has 1 aromatic rings. The molecule has 1 saturated heterocycles. The Kier molecular flexibility index (Phi) is 4.18. The minimum atomic E-state index is -0.819. The molecule has 0 aliphatic carbocycles. The maximum atomic E-state index is 11.5. The Morgan fingerprint density at radius 1 is 1.53 bits per heavy atom. The molecule has 2 rings (SSSR count). The lowest BCUT2D eigenvalue weighted by Gasteiger charge is -2.30. The summed E-state index contributed by atoms with van der Waals surface area (Å²) in [6.07, 6.45) is 1.09. The van der Waals surface area contributed by atoms with Crippen LogP contribution in [-0.4, -0.2) is 28.6 Å². The Morgan fingerprint density at radius 3 is 2.79 bits per heavy atom. The van der Waals surface area contributed by atoms with Gasteiger partial charge in [0.15, 0.2) is 0 Å². The fraction of sp³-hybridized carbons (Fsp3) is 0.467. The van der Waals surface area contributed by atoms with Crippen LogP contribution in [0.25, 0.3) is 0 Å². The van der Waals surface area contributed by atoms with Crippen molar-refractivity contribution in [2.75, 3.05) is 6.54 Å². The Labute approximate surface area is 113 Å². The van der Waals surface area contributed by atoms with Crippen molar-refractivity contribution in [3.63, 3.8) is 0 Å². The highest BCUT2D eigenvalue weighted by atomic mass is 16.4. The summed E-state index contributed by atoms with van der Waals surface area (Å²) in [5, 5.41) is 18.2. The van der Waals surface area contributed by atoms with Gasteiger partial charge in [-0.05, 0) is 31.4 Å². The maximum Gasteiger partial charge on any atom is 0.321 e. The number of carbonyl (C=O) groups is 1. The molecule has 1 aromatic carbocycles. The molecule has 1 aliphatic rings. The van der Waals surface area contributed by atoms with Gasteiger partial charge in [-0.3, -0.25) is 9.69 Å². The van der Waals surface area contributed by atoms with Gasteiger partial charge < -0.3 is 5.11 Å². The molecule has 1 N–H and O–H groups in total. The first kappa shape index (κ1) is 13.6. The van der Waals surface area contributed by atoms with Crippen LogP contribution in [0.2, 0.25) is 0 Å². The van der Waals surface area contributed by atoms with Crippen LogP contribution in [0.1, 0.15) is 31.4 Å². The molecule has 0 amide bonds. The highest BCUT2D eigenvalue weighted by Gasteiger charge is 2.41. The molecule has 100 valence electrons. The number of hydrogen-bond acceptors (Lipinski definition) is 3. The third kappa shape index (κ3) is 2.77. The van der Waals surface area contributed by atoms with Crippen LogP contribution < -0.4 is 0 Å². The van der Waals surface area contributed by atoms with Gasteiger partial charge in [-0.25, -0.2) is 0 Å². The zero-order valence-electron chi connectivity index (χ0n) is 11.0. The van der Waals surface area contributed by atoms with Crippen molar-refractivity contribution in [3.8, 4) is 6.07 Å². The van der Waals surface area contributed by atoms with E-state index < -0.39 is 12.0 Å². The number of nitriles is 1. The smallest absolute Gasteiger partial charge is 0.321 e. The summed E-state index contributed by atoms with van der Waals surface area (Å²) in [6.45, 7) is 2.76. The SMILES string of the molecule is C[C@@H](c1ccccc1)N1CC[C@@H](CC#N)[C@H]1C(=O)O. The third-order valence-corrected chi connectivity index (χ3v) is 3.95. The van der Waals surface area contributed by atoms with E-state index in [1.165, 1.54) is 0 Å². The molecule has 3 atom stereocenters. The van der Waals surface area contributed by atoms with Crippen LogP contribution in [0.5, 0.6) is 0 Å². The second-order valence-corrected chi connectivity index (χ2v) is 5.02. The number of aliphatic carboxylic acids is 1. The van der Waals surface area contributed by atoms with Crippen LogP contribution in [0.15, 0.2) is 30.3 Å². The molecular weight excluding hydrogens is 240 g/mol. The second kappa shape index (κ2) is 5.85. The van der Waals surface area contributed by atoms with Crippen LogP contribution in [-0.2, 0) is 4.79 Å². The average Bonchev–Trinajstić information content (AvgIpc) is 2.83. The molecule has 0 spiro atoms. The largest absolute Gasteiger partial charge is 0.480 e. The number of nitrogens with zero attached hydrogens (tertiary/aromatic N) is 2. The third-order valence-electron chi connectivity index (χ3n) is 3.95. The minimum Gasteiger partial charge on any atom is -0.480 e. The standard InChI is InChI=1S/C15H18N2O2/c1-11(12-5-3-2-4-6-12)17-10-8-13(7-9-16)14(17)15(18)19/h2-6,11,13-14H,7-8,10H2,1H3,(H,18,19)/t11-,13+,14-/m0/s1. The Hall–Kier alpha value is -1.86. The first-order valence-corrected chi connectivity index (χ1v) is 6.55. The van der Waals surface area contributed by atoms with Gasteiger partial charge in [-0.15, -0.1) is 0 Å². The summed E-state index contributed by atoms with van der Waals surface area (Å²) >= 11 is 0. The molecule has 19 heavy (non-hydrogen) atoms. The van der Waals surface area contributed by atoms with Crippen molar-refractivity contribution < 1.29 is 9.90 Å². The zero-order valence-corrected chi connectivity index (χ0v) is 11.0. The lowest BCUT2D eigenvalue weighted by Crippen LogP contribution is -2.41. The van der Waals surface area contributed by atoms with Crippen LogP contribution in [0.3, 0.4) is 0 Å². The molecule has 1 fully saturated rings. The molecule has 1 aliphatic heterocycles. The number of benzene rings is 1. The van der Waals surface area contributed by atoms with Crippen molar-refractivity contribution >= 4 is 5.97 Å². The van der Waals surface area contributed by atoms with Crippen molar-refractivity contribution in [2.45, 2.75) is 31.8 Å². The molecule has 0 bridgehead atoms. The first-order valence-electron chi connectivity index (χ1n) is 6.55. The molecule has 4 heteroatoms. The normalized spacial score (nSPS) is 24.8. The fourth-order valence-electron chi connectivity index (χ4n) is 2.91. The first-order chi connectivity index (χ1) is 9.15. The number of rotatable bonds is 4. The molecule has 0 radical (unpaired) electrons. The number of hydrogen-bond donors (Lipinski definition) is 1. The van der Waals surface area contributed by atoms with Crippen molar-refractivity contribution in [2.24, 2.45) is 5.92 Å². The van der Waals surface area contributed by atoms with Crippen LogP contribution >= 0.6 is 0 Å². The number of likely N-dealkylation sites (tertiary alicyclic amines) is 1. The predicted octanol–water partition coefficient (Wildman–Crippen LogP) is 2.44. The fourth-order valence-corrected chi connectivity index (χ4v) is 2.91. The van der Waals surface area contributed by atoms with Crippen molar-refractivity contribution in [3.05, 3.63) is 35.9 Å². The summed E-state index contributed by atoms with van der Waals surface area (Å²) in [6, 6.07) is 11.5. The molecule has 0 saturated carbocycles. The summed E-state index contributed by atoms with van der Waals surface area (Å²) in [5.41, 5.74) is 1.12. The van der Waals surface area contributed by atoms with Gasteiger partial charge >= 0.3 is 5.97 Å². The van der Waals surface area contributed by atoms with E-state index >= 15 is 0 Å². The Bertz CT molecular complexity index is 481. The summed E-state index contributed by atoms with van der Waals surface area (Å²) < 4.78 is 0. The van der Waals surface area contributed by atoms with E-state index in [4.69, 9.17) is 5.26 Å². The van der Waals surface area contributed by atoms with Gasteiger partial charge in [0.05, 0.1) is 6.07 Å². The lowest BCUT2D eigenvalue weighted by atomic mass is 9.96. The van der Waals surface area contributed by atoms with Gasteiger partial charge in [-0.1, -0.05) is 30.3 Å². The Balaban J connectivity index is 2.20. The average molecular weight is 258 g/mol. The van der Waals surface area contributed by atoms with Crippen LogP contribution in [0.4, 0.5) is 0 Å². The van der Waals surface area contributed by atoms with Gasteiger partial charge in [0.1, 0.15) is 6.04 Å². The molecule has 1 heterocycles. The van der Waals surface area contributed by atoms with Crippen molar-refractivity contribution in [1.29, 1.82) is 5.26 Å². The van der Waals surface area contributed by atoms with E-state index in [9.17, 15) is 9.90 Å². The summed E-state index contributed by atoms with van der Waals surface area (Å²) in [7, 11) is 0. The monoisotopic (exact) mass is 258 g/mol. The summed E-state index contributed by atoms with van der Waals surface area (Å²) in [4.78, 5) is 13.5. The maximum absolute atomic E-state index is 11.5. The van der Waals surface area contributed by atoms with E-state index in [-0.39, 0.29) is 12.0 Å². The quantitative estimate of drug-likeness (QED) is 0.900. The highest BCUT2D eigenvalue weighted by molar-refractivity contribution is 5.74. The highest BCUT2D eigenvalue weighted by Crippen LogP contribution is 2.34. The second-order valence-electron chi connectivity index (χ2n) is 5.02. The van der Waals surface area contributed by atoms with E-state index in [1.54, 1.807) is 0 Å². The Morgan fingerprint density at radius 2 is 2.21 bits per heavy atom. The predicted molar refractivity (Wildman–Crippen MR) is 71.3 cm³/mol. The van der Waals surface area contributed by atoms with Gasteiger partial charge in [0.25, 0.3) is 0 Å². The minimum absolute atomic E-state index is 0.0611. The van der Waals surface area contributed by atoms with E-state index in [1.807, 2.05) is 42.2 Å². The van der Waals surface area contributed by atoms with Crippen molar-refractivity contribution in [1.82, 2.24) is 4.90 Å². The molecule has 0 unspecified atom stereocenters. The topological polar surface area (TPSA) is 64.3 Å². The molecule has 4 nitrogen and oxygen atoms in total. The van der Waals surface area contributed by atoms with Gasteiger partial charge in [0, 0.05) is 12.5 Å². The molecular formula is C15H18N2O2. The zero-order chi connectivity index (χ0) is 13.8. The summed E-state index contributed by atoms with van der Waals surface area (Å²) in [5.74, 6) is -0.880. The van der Waals surface area contributed by atoms with Gasteiger partial charge in [-0.2, -0.15) is 5.26 Å². The lowest BCUT2D eigenvalue weighted by molar-refractivity contribution is -0.144. The van der Waals surface area contributed by atoms with Crippen LogP contribution in [0, 0.1) is 17.2 Å². The van der Waals surface area contributed by atoms with E-state index in [2.05, 4.69) is 6.07 Å². The number of carboxylic acid groups (broad SMARTS) is 1. The van der Waals surface area contributed by atoms with E-state index in [0.29, 0.717) is 6.42 Å². The van der Waals surface area contributed by atoms with E-state index in [0.717, 1.165) is 18.5 Å². The van der Waals surface area contributed by atoms with Gasteiger partial charge in [0.2, 0.25) is 0 Å².